The average molecular weight is 479 g/mol. The molecule has 3 heterocycles. The van der Waals surface area contributed by atoms with E-state index in [4.69, 9.17) is 14.2 Å². The molecule has 1 aromatic heterocycles. The Bertz CT molecular complexity index is 1190. The van der Waals surface area contributed by atoms with Gasteiger partial charge in [0.2, 0.25) is 18.6 Å². The van der Waals surface area contributed by atoms with Gasteiger partial charge < -0.3 is 24.0 Å². The van der Waals surface area contributed by atoms with Gasteiger partial charge in [-0.3, -0.25) is 9.69 Å². The highest BCUT2D eigenvalue weighted by atomic mass is 19.1. The summed E-state index contributed by atoms with van der Waals surface area (Å²) in [6.45, 7) is 4.12. The van der Waals surface area contributed by atoms with Crippen molar-refractivity contribution >= 4 is 11.6 Å². The lowest BCUT2D eigenvalue weighted by atomic mass is 10.1. The standard InChI is InChI=1S/C26H27FN4O4/c1-29(20-6-8-22(21(27)15-20)35-25-4-2-3-9-28-25)17-26(32)31-12-10-30(11-13-31)16-19-5-7-23-24(14-19)34-18-33-23/h2-9,14-15H,10-13,16-18H2,1H3. The quantitative estimate of drug-likeness (QED) is 0.515. The number of halogens is 1. The number of benzene rings is 2. The summed E-state index contributed by atoms with van der Waals surface area (Å²) in [5.41, 5.74) is 1.76. The molecule has 0 unspecified atom stereocenters. The zero-order chi connectivity index (χ0) is 24.2. The van der Waals surface area contributed by atoms with Crippen molar-refractivity contribution in [2.75, 3.05) is 51.5 Å². The topological polar surface area (TPSA) is 67.4 Å². The molecule has 2 aromatic carbocycles. The highest BCUT2D eigenvalue weighted by Gasteiger charge is 2.23. The van der Waals surface area contributed by atoms with Crippen LogP contribution in [0.2, 0.25) is 0 Å². The number of fused-ring (bicyclic) bond motifs is 1. The summed E-state index contributed by atoms with van der Waals surface area (Å²) in [7, 11) is 1.78. The first-order valence-electron chi connectivity index (χ1n) is 11.5. The van der Waals surface area contributed by atoms with Crippen LogP contribution >= 0.6 is 0 Å². The normalized spacial score (nSPS) is 15.2. The van der Waals surface area contributed by atoms with Gasteiger partial charge in [-0.25, -0.2) is 9.37 Å². The van der Waals surface area contributed by atoms with Crippen molar-refractivity contribution in [3.05, 3.63) is 72.2 Å². The highest BCUT2D eigenvalue weighted by Crippen LogP contribution is 2.33. The van der Waals surface area contributed by atoms with Crippen LogP contribution in [0.25, 0.3) is 0 Å². The fourth-order valence-electron chi connectivity index (χ4n) is 4.18. The SMILES string of the molecule is CN(CC(=O)N1CCN(Cc2ccc3c(c2)OCO3)CC1)c1ccc(Oc2ccccn2)c(F)c1. The summed E-state index contributed by atoms with van der Waals surface area (Å²) in [5, 5.41) is 0. The number of piperazine rings is 1. The Kier molecular flexibility index (Phi) is 6.67. The van der Waals surface area contributed by atoms with Gasteiger partial charge in [0, 0.05) is 63.8 Å². The molecule has 1 amide bonds. The predicted octanol–water partition coefficient (Wildman–Crippen LogP) is 3.52. The van der Waals surface area contributed by atoms with Gasteiger partial charge in [-0.2, -0.15) is 0 Å². The molecule has 5 rings (SSSR count). The van der Waals surface area contributed by atoms with E-state index in [1.807, 2.05) is 23.1 Å². The molecule has 35 heavy (non-hydrogen) atoms. The van der Waals surface area contributed by atoms with E-state index in [2.05, 4.69) is 9.88 Å². The molecule has 0 N–H and O–H groups in total. The number of hydrogen-bond donors (Lipinski definition) is 0. The summed E-state index contributed by atoms with van der Waals surface area (Å²) in [6.07, 6.45) is 1.58. The Morgan fingerprint density at radius 1 is 1.06 bits per heavy atom. The molecule has 182 valence electrons. The summed E-state index contributed by atoms with van der Waals surface area (Å²) >= 11 is 0. The fourth-order valence-corrected chi connectivity index (χ4v) is 4.18. The van der Waals surface area contributed by atoms with Gasteiger partial charge in [0.25, 0.3) is 0 Å². The Labute approximate surface area is 203 Å². The van der Waals surface area contributed by atoms with E-state index in [9.17, 15) is 9.18 Å². The molecular weight excluding hydrogens is 451 g/mol. The van der Waals surface area contributed by atoms with Crippen molar-refractivity contribution in [3.8, 4) is 23.1 Å². The van der Waals surface area contributed by atoms with Gasteiger partial charge in [0.1, 0.15) is 0 Å². The number of amides is 1. The number of ether oxygens (including phenoxy) is 3. The van der Waals surface area contributed by atoms with E-state index in [1.54, 1.807) is 48.5 Å². The lowest BCUT2D eigenvalue weighted by Crippen LogP contribution is -2.50. The van der Waals surface area contributed by atoms with Crippen molar-refractivity contribution in [3.63, 3.8) is 0 Å². The molecule has 0 atom stereocenters. The summed E-state index contributed by atoms with van der Waals surface area (Å²) < 4.78 is 30.9. The number of hydrogen-bond acceptors (Lipinski definition) is 7. The Morgan fingerprint density at radius 3 is 2.66 bits per heavy atom. The van der Waals surface area contributed by atoms with Crippen molar-refractivity contribution < 1.29 is 23.4 Å². The van der Waals surface area contributed by atoms with Gasteiger partial charge in [0.15, 0.2) is 23.1 Å². The maximum atomic E-state index is 14.6. The van der Waals surface area contributed by atoms with Crippen molar-refractivity contribution in [2.45, 2.75) is 6.54 Å². The molecule has 0 radical (unpaired) electrons. The minimum absolute atomic E-state index is 0.0180. The number of carbonyl (C=O) groups excluding carboxylic acids is 1. The van der Waals surface area contributed by atoms with Gasteiger partial charge >= 0.3 is 0 Å². The Balaban J connectivity index is 1.11. The van der Waals surface area contributed by atoms with Crippen LogP contribution in [0.1, 0.15) is 5.56 Å². The van der Waals surface area contributed by atoms with Gasteiger partial charge in [-0.1, -0.05) is 12.1 Å². The number of pyridine rings is 1. The first kappa shape index (κ1) is 22.9. The maximum Gasteiger partial charge on any atom is 0.242 e. The summed E-state index contributed by atoms with van der Waals surface area (Å²) in [6, 6.07) is 15.8. The molecule has 8 nitrogen and oxygen atoms in total. The van der Waals surface area contributed by atoms with Crippen molar-refractivity contribution in [1.29, 1.82) is 0 Å². The van der Waals surface area contributed by atoms with Crippen LogP contribution in [-0.4, -0.2) is 67.3 Å². The molecule has 2 aliphatic rings. The second-order valence-corrected chi connectivity index (χ2v) is 8.59. The van der Waals surface area contributed by atoms with Crippen LogP contribution in [0.4, 0.5) is 10.1 Å². The Morgan fingerprint density at radius 2 is 1.89 bits per heavy atom. The largest absolute Gasteiger partial charge is 0.454 e. The highest BCUT2D eigenvalue weighted by molar-refractivity contribution is 5.81. The molecule has 1 saturated heterocycles. The predicted molar refractivity (Wildman–Crippen MR) is 128 cm³/mol. The first-order valence-corrected chi connectivity index (χ1v) is 11.5. The number of rotatable bonds is 7. The van der Waals surface area contributed by atoms with Gasteiger partial charge in [-0.05, 0) is 35.9 Å². The number of aromatic nitrogens is 1. The van der Waals surface area contributed by atoms with Gasteiger partial charge in [0.05, 0.1) is 6.54 Å². The van der Waals surface area contributed by atoms with E-state index >= 15 is 0 Å². The number of nitrogens with zero attached hydrogens (tertiary/aromatic N) is 4. The third-order valence-corrected chi connectivity index (χ3v) is 6.15. The van der Waals surface area contributed by atoms with Crippen LogP contribution in [0.15, 0.2) is 60.8 Å². The van der Waals surface area contributed by atoms with Crippen molar-refractivity contribution in [1.82, 2.24) is 14.8 Å². The smallest absolute Gasteiger partial charge is 0.242 e. The summed E-state index contributed by atoms with van der Waals surface area (Å²) in [4.78, 5) is 22.8. The Hall–Kier alpha value is -3.85. The van der Waals surface area contributed by atoms with E-state index in [0.29, 0.717) is 24.7 Å². The molecule has 0 aliphatic carbocycles. The monoisotopic (exact) mass is 478 g/mol. The first-order chi connectivity index (χ1) is 17.0. The molecule has 2 aliphatic heterocycles. The van der Waals surface area contributed by atoms with E-state index in [1.165, 1.54) is 6.07 Å². The number of anilines is 1. The number of carbonyl (C=O) groups is 1. The van der Waals surface area contributed by atoms with E-state index < -0.39 is 5.82 Å². The molecular formula is C26H27FN4O4. The lowest BCUT2D eigenvalue weighted by molar-refractivity contribution is -0.131. The third kappa shape index (κ3) is 5.46. The van der Waals surface area contributed by atoms with E-state index in [0.717, 1.165) is 36.7 Å². The second-order valence-electron chi connectivity index (χ2n) is 8.59. The molecule has 1 fully saturated rings. The minimum atomic E-state index is -0.510. The molecule has 0 bridgehead atoms. The fraction of sp³-hybridized carbons (Fsp3) is 0.308. The zero-order valence-electron chi connectivity index (χ0n) is 19.5. The lowest BCUT2D eigenvalue weighted by Gasteiger charge is -2.35. The van der Waals surface area contributed by atoms with Gasteiger partial charge in [-0.15, -0.1) is 0 Å². The average Bonchev–Trinajstić information content (AvgIpc) is 3.34. The maximum absolute atomic E-state index is 14.6. The van der Waals surface area contributed by atoms with Crippen LogP contribution in [-0.2, 0) is 11.3 Å². The van der Waals surface area contributed by atoms with Crippen LogP contribution in [0, 0.1) is 5.82 Å². The summed E-state index contributed by atoms with van der Waals surface area (Å²) in [5.74, 6) is 1.48. The second kappa shape index (κ2) is 10.2. The van der Waals surface area contributed by atoms with Crippen LogP contribution in [0.3, 0.4) is 0 Å². The molecule has 0 saturated carbocycles. The third-order valence-electron chi connectivity index (χ3n) is 6.15. The zero-order valence-corrected chi connectivity index (χ0v) is 19.5. The van der Waals surface area contributed by atoms with Crippen LogP contribution in [0.5, 0.6) is 23.1 Å². The van der Waals surface area contributed by atoms with Crippen LogP contribution < -0.4 is 19.1 Å². The van der Waals surface area contributed by atoms with Crippen molar-refractivity contribution in [2.24, 2.45) is 0 Å². The molecule has 9 heteroatoms. The molecule has 0 spiro atoms. The molecule has 3 aromatic rings. The minimum Gasteiger partial charge on any atom is -0.454 e. The number of likely N-dealkylation sites (N-methyl/N-ethyl adjacent to an activating group) is 1. The van der Waals surface area contributed by atoms with E-state index in [-0.39, 0.29) is 25.0 Å².